The molecule has 1 aliphatic rings. The van der Waals surface area contributed by atoms with Crippen molar-refractivity contribution >= 4 is 5.91 Å². The van der Waals surface area contributed by atoms with Crippen molar-refractivity contribution in [2.75, 3.05) is 6.54 Å². The number of carbonyl (C=O) groups is 1. The molecule has 1 heterocycles. The maximum absolute atomic E-state index is 12.0. The molecule has 1 aliphatic carbocycles. The van der Waals surface area contributed by atoms with Gasteiger partial charge in [-0.2, -0.15) is 5.10 Å². The highest BCUT2D eigenvalue weighted by Gasteiger charge is 2.32. The molecular weight excluding hydrogens is 206 g/mol. The molecule has 5 nitrogen and oxygen atoms in total. The van der Waals surface area contributed by atoms with Gasteiger partial charge in [-0.1, -0.05) is 6.08 Å². The van der Waals surface area contributed by atoms with Gasteiger partial charge in [-0.25, -0.2) is 5.10 Å². The lowest BCUT2D eigenvalue weighted by Crippen LogP contribution is -2.34. The maximum atomic E-state index is 12.0. The monoisotopic (exact) mass is 219 g/mol. The van der Waals surface area contributed by atoms with E-state index in [1.165, 1.54) is 12.1 Å². The van der Waals surface area contributed by atoms with Gasteiger partial charge in [0.25, 0.3) is 11.5 Å². The highest BCUT2D eigenvalue weighted by Crippen LogP contribution is 2.27. The third-order valence-corrected chi connectivity index (χ3v) is 2.47. The van der Waals surface area contributed by atoms with Gasteiger partial charge in [0.2, 0.25) is 0 Å². The van der Waals surface area contributed by atoms with Gasteiger partial charge < -0.3 is 4.90 Å². The van der Waals surface area contributed by atoms with Crippen LogP contribution in [0.2, 0.25) is 0 Å². The first-order valence-electron chi connectivity index (χ1n) is 5.20. The Balaban J connectivity index is 2.18. The number of amides is 1. The van der Waals surface area contributed by atoms with Crippen molar-refractivity contribution in [1.82, 2.24) is 15.1 Å². The maximum Gasteiger partial charge on any atom is 0.274 e. The molecule has 5 heteroatoms. The van der Waals surface area contributed by atoms with Crippen LogP contribution in [0, 0.1) is 0 Å². The average molecular weight is 219 g/mol. The second kappa shape index (κ2) is 4.30. The summed E-state index contributed by atoms with van der Waals surface area (Å²) in [5, 5.41) is 5.99. The second-order valence-electron chi connectivity index (χ2n) is 3.78. The lowest BCUT2D eigenvalue weighted by atomic mass is 10.3. The molecule has 2 rings (SSSR count). The summed E-state index contributed by atoms with van der Waals surface area (Å²) in [6.07, 6.45) is 3.76. The quantitative estimate of drug-likeness (QED) is 0.752. The molecule has 0 aromatic carbocycles. The van der Waals surface area contributed by atoms with E-state index in [2.05, 4.69) is 16.8 Å². The number of nitrogens with zero attached hydrogens (tertiary/aromatic N) is 2. The number of aromatic amines is 1. The smallest absolute Gasteiger partial charge is 0.274 e. The molecule has 1 aromatic heterocycles. The number of carbonyl (C=O) groups excluding carboxylic acids is 1. The highest BCUT2D eigenvalue weighted by molar-refractivity contribution is 5.92. The predicted octanol–water partition coefficient (Wildman–Crippen LogP) is 0.560. The Labute approximate surface area is 92.8 Å². The summed E-state index contributed by atoms with van der Waals surface area (Å²) in [7, 11) is 0. The first-order valence-corrected chi connectivity index (χ1v) is 5.20. The van der Waals surface area contributed by atoms with Crippen LogP contribution in [0.3, 0.4) is 0 Å². The Bertz CT molecular complexity index is 442. The molecule has 0 spiro atoms. The number of hydrogen-bond acceptors (Lipinski definition) is 3. The Morgan fingerprint density at radius 3 is 2.88 bits per heavy atom. The van der Waals surface area contributed by atoms with Crippen LogP contribution in [-0.4, -0.2) is 33.6 Å². The van der Waals surface area contributed by atoms with Crippen molar-refractivity contribution < 1.29 is 4.79 Å². The molecule has 16 heavy (non-hydrogen) atoms. The van der Waals surface area contributed by atoms with Gasteiger partial charge in [-0.05, 0) is 18.9 Å². The standard InChI is InChI=1S/C11H13N3O2/c1-2-7-14(8-3-4-8)11(16)9-5-6-10(15)13-12-9/h2,5-6,8H,1,3-4,7H2,(H,13,15). The SMILES string of the molecule is C=CCN(C(=O)c1ccc(=O)[nH]n1)C1CC1. The van der Waals surface area contributed by atoms with E-state index in [1.54, 1.807) is 11.0 Å². The van der Waals surface area contributed by atoms with Gasteiger partial charge in [0, 0.05) is 18.7 Å². The number of hydrogen-bond donors (Lipinski definition) is 1. The molecule has 0 atom stereocenters. The van der Waals surface area contributed by atoms with Crippen LogP contribution in [0.1, 0.15) is 23.3 Å². The van der Waals surface area contributed by atoms with E-state index in [4.69, 9.17) is 0 Å². The summed E-state index contributed by atoms with van der Waals surface area (Å²) in [6, 6.07) is 3.05. The van der Waals surface area contributed by atoms with Crippen molar-refractivity contribution in [1.29, 1.82) is 0 Å². The van der Waals surface area contributed by atoms with Crippen LogP contribution in [-0.2, 0) is 0 Å². The van der Waals surface area contributed by atoms with Gasteiger partial charge in [-0.3, -0.25) is 9.59 Å². The van der Waals surface area contributed by atoms with E-state index in [0.29, 0.717) is 12.6 Å². The van der Waals surface area contributed by atoms with Gasteiger partial charge in [-0.15, -0.1) is 6.58 Å². The average Bonchev–Trinajstić information content (AvgIpc) is 3.10. The molecule has 1 fully saturated rings. The van der Waals surface area contributed by atoms with Gasteiger partial charge in [0.1, 0.15) is 5.69 Å². The molecule has 0 unspecified atom stereocenters. The zero-order chi connectivity index (χ0) is 11.5. The highest BCUT2D eigenvalue weighted by atomic mass is 16.2. The molecule has 1 saturated carbocycles. The first-order chi connectivity index (χ1) is 7.72. The summed E-state index contributed by atoms with van der Waals surface area (Å²) in [5.74, 6) is -0.154. The largest absolute Gasteiger partial charge is 0.331 e. The van der Waals surface area contributed by atoms with E-state index in [9.17, 15) is 9.59 Å². The molecule has 84 valence electrons. The molecule has 0 bridgehead atoms. The van der Waals surface area contributed by atoms with Crippen molar-refractivity contribution in [2.45, 2.75) is 18.9 Å². The second-order valence-corrected chi connectivity index (χ2v) is 3.78. The van der Waals surface area contributed by atoms with E-state index in [0.717, 1.165) is 12.8 Å². The third-order valence-electron chi connectivity index (χ3n) is 2.47. The summed E-state index contributed by atoms with van der Waals surface area (Å²) in [5.41, 5.74) is -0.0356. The zero-order valence-corrected chi connectivity index (χ0v) is 8.85. The fourth-order valence-corrected chi connectivity index (χ4v) is 1.53. The van der Waals surface area contributed by atoms with E-state index >= 15 is 0 Å². The zero-order valence-electron chi connectivity index (χ0n) is 8.85. The Kier molecular flexibility index (Phi) is 2.85. The fourth-order valence-electron chi connectivity index (χ4n) is 1.53. The van der Waals surface area contributed by atoms with Crippen molar-refractivity contribution in [3.63, 3.8) is 0 Å². The van der Waals surface area contributed by atoms with Crippen LogP contribution in [0.15, 0.2) is 29.6 Å². The third kappa shape index (κ3) is 2.18. The molecule has 1 amide bonds. The Morgan fingerprint density at radius 1 is 1.62 bits per heavy atom. The lowest BCUT2D eigenvalue weighted by molar-refractivity contribution is 0.0755. The number of nitrogens with one attached hydrogen (secondary N) is 1. The molecule has 0 saturated heterocycles. The molecule has 1 aromatic rings. The number of H-pyrrole nitrogens is 1. The van der Waals surface area contributed by atoms with Gasteiger partial charge in [0.15, 0.2) is 0 Å². The number of rotatable bonds is 4. The molecular formula is C11H13N3O2. The lowest BCUT2D eigenvalue weighted by Gasteiger charge is -2.19. The Hall–Kier alpha value is -1.91. The van der Waals surface area contributed by atoms with Crippen molar-refractivity contribution in [3.05, 3.63) is 40.8 Å². The normalized spacial score (nSPS) is 14.5. The van der Waals surface area contributed by atoms with Gasteiger partial charge in [0.05, 0.1) is 0 Å². The van der Waals surface area contributed by atoms with Crippen LogP contribution in [0.4, 0.5) is 0 Å². The molecule has 0 radical (unpaired) electrons. The first kappa shape index (κ1) is 10.6. The summed E-state index contributed by atoms with van der Waals surface area (Å²) < 4.78 is 0. The Morgan fingerprint density at radius 2 is 2.38 bits per heavy atom. The minimum Gasteiger partial charge on any atom is -0.331 e. The van der Waals surface area contributed by atoms with Crippen molar-refractivity contribution in [3.8, 4) is 0 Å². The van der Waals surface area contributed by atoms with Crippen LogP contribution < -0.4 is 5.56 Å². The summed E-state index contributed by atoms with van der Waals surface area (Å²) in [6.45, 7) is 4.15. The summed E-state index contributed by atoms with van der Waals surface area (Å²) >= 11 is 0. The van der Waals surface area contributed by atoms with Crippen LogP contribution >= 0.6 is 0 Å². The topological polar surface area (TPSA) is 66.1 Å². The number of aromatic nitrogens is 2. The predicted molar refractivity (Wildman–Crippen MR) is 59.1 cm³/mol. The summed E-state index contributed by atoms with van der Waals surface area (Å²) in [4.78, 5) is 24.6. The molecule has 1 N–H and O–H groups in total. The van der Waals surface area contributed by atoms with E-state index in [1.807, 2.05) is 0 Å². The van der Waals surface area contributed by atoms with E-state index < -0.39 is 0 Å². The van der Waals surface area contributed by atoms with Crippen LogP contribution in [0.5, 0.6) is 0 Å². The van der Waals surface area contributed by atoms with Crippen LogP contribution in [0.25, 0.3) is 0 Å². The van der Waals surface area contributed by atoms with Crippen molar-refractivity contribution in [2.24, 2.45) is 0 Å². The fraction of sp³-hybridized carbons (Fsp3) is 0.364. The van der Waals surface area contributed by atoms with E-state index in [-0.39, 0.29) is 17.2 Å². The molecule has 0 aliphatic heterocycles. The minimum absolute atomic E-state index is 0.154. The van der Waals surface area contributed by atoms with Gasteiger partial charge >= 0.3 is 0 Å². The minimum atomic E-state index is -0.307.